The first-order valence-corrected chi connectivity index (χ1v) is 9.32. The van der Waals surface area contributed by atoms with Gasteiger partial charge >= 0.3 is 24.8 Å². The summed E-state index contributed by atoms with van der Waals surface area (Å²) in [6.07, 6.45) is 3.66. The van der Waals surface area contributed by atoms with E-state index in [9.17, 15) is 19.1 Å². The number of nitrogens with zero attached hydrogens (tertiary/aromatic N) is 2. The van der Waals surface area contributed by atoms with Crippen molar-refractivity contribution in [2.24, 2.45) is 5.92 Å². The predicted octanol–water partition coefficient (Wildman–Crippen LogP) is 2.38. The normalized spacial score (nSPS) is 17.6. The van der Waals surface area contributed by atoms with Crippen LogP contribution >= 0.6 is 0 Å². The third-order valence-electron chi connectivity index (χ3n) is 4.88. The fraction of sp³-hybridized carbons (Fsp3) is 0.500. The molecule has 0 aromatic heterocycles. The number of carbonyl (C=O) groups excluding carboxylic acids is 1. The number of ether oxygens (including phenoxy) is 1. The van der Waals surface area contributed by atoms with Crippen LogP contribution in [0.2, 0.25) is 0 Å². The van der Waals surface area contributed by atoms with Gasteiger partial charge in [-0.25, -0.2) is 9.18 Å². The van der Waals surface area contributed by atoms with Gasteiger partial charge in [0.15, 0.2) is 11.6 Å². The van der Waals surface area contributed by atoms with Gasteiger partial charge in [0, 0.05) is 19.2 Å². The summed E-state index contributed by atoms with van der Waals surface area (Å²) < 4.78 is 20.5. The van der Waals surface area contributed by atoms with Crippen LogP contribution in [0.4, 0.5) is 10.1 Å². The van der Waals surface area contributed by atoms with Crippen molar-refractivity contribution in [2.45, 2.75) is 39.2 Å². The number of carbonyl (C=O) groups is 2. The maximum absolute atomic E-state index is 14.8. The Kier molecular flexibility index (Phi) is 7.56. The molecule has 6 nitrogen and oxygen atoms in total. The van der Waals surface area contributed by atoms with Crippen LogP contribution in [0.15, 0.2) is 30.0 Å². The third kappa shape index (κ3) is 4.89. The Hall–Kier alpha value is -1.97. The second-order valence-corrected chi connectivity index (χ2v) is 7.45. The molecule has 1 aromatic rings. The zero-order valence-electron chi connectivity index (χ0n) is 15.7. The summed E-state index contributed by atoms with van der Waals surface area (Å²) in [5, 5.41) is 9.45. The van der Waals surface area contributed by atoms with Crippen LogP contribution in [0.1, 0.15) is 33.1 Å². The fourth-order valence-corrected chi connectivity index (χ4v) is 3.57. The first kappa shape index (κ1) is 22.3. The molecule has 1 atom stereocenters. The summed E-state index contributed by atoms with van der Waals surface area (Å²) >= 11 is 0. The van der Waals surface area contributed by atoms with Crippen molar-refractivity contribution in [1.82, 2.24) is 4.90 Å². The number of carboxylic acid groups (broad SMARTS) is 1. The van der Waals surface area contributed by atoms with Crippen LogP contribution in [0.25, 0.3) is 0 Å². The molecule has 148 valence electrons. The van der Waals surface area contributed by atoms with Crippen molar-refractivity contribution >= 4 is 36.4 Å². The van der Waals surface area contributed by atoms with Crippen molar-refractivity contribution in [1.29, 1.82) is 0 Å². The Morgan fingerprint density at radius 1 is 1.29 bits per heavy atom. The third-order valence-corrected chi connectivity index (χ3v) is 4.88. The van der Waals surface area contributed by atoms with Gasteiger partial charge in [0.2, 0.25) is 0 Å². The van der Waals surface area contributed by atoms with Gasteiger partial charge in [-0.05, 0) is 37.3 Å². The number of anilines is 1. The molecule has 1 unspecified atom stereocenters. The monoisotopic (exact) mass is 384 g/mol. The molecule has 0 radical (unpaired) electrons. The van der Waals surface area contributed by atoms with Crippen LogP contribution in [0, 0.1) is 11.7 Å². The van der Waals surface area contributed by atoms with Gasteiger partial charge in [0.25, 0.3) is 5.91 Å². The second kappa shape index (κ2) is 9.49. The van der Waals surface area contributed by atoms with Crippen molar-refractivity contribution < 1.29 is 23.8 Å². The van der Waals surface area contributed by atoms with Gasteiger partial charge in [-0.15, -0.1) is 0 Å². The van der Waals surface area contributed by atoms with E-state index in [2.05, 4.69) is 0 Å². The van der Waals surface area contributed by atoms with E-state index in [0.717, 1.165) is 25.9 Å². The molecule has 0 spiro atoms. The van der Waals surface area contributed by atoms with E-state index in [1.807, 2.05) is 18.7 Å². The van der Waals surface area contributed by atoms with Crippen LogP contribution in [0.3, 0.4) is 0 Å². The molecule has 1 saturated heterocycles. The Balaban J connectivity index is 0.00000280. The summed E-state index contributed by atoms with van der Waals surface area (Å²) in [4.78, 5) is 27.1. The van der Waals surface area contributed by atoms with Crippen LogP contribution in [0.5, 0.6) is 5.75 Å². The number of carboxylic acids is 1. The molecule has 2 heterocycles. The van der Waals surface area contributed by atoms with Gasteiger partial charge in [-0.1, -0.05) is 19.9 Å². The summed E-state index contributed by atoms with van der Waals surface area (Å²) in [6.45, 7) is 5.45. The topological polar surface area (TPSA) is 70.1 Å². The van der Waals surface area contributed by atoms with Crippen molar-refractivity contribution in [3.05, 3.63) is 35.9 Å². The Morgan fingerprint density at radius 2 is 1.96 bits per heavy atom. The molecule has 1 aromatic carbocycles. The predicted molar refractivity (Wildman–Crippen MR) is 106 cm³/mol. The van der Waals surface area contributed by atoms with E-state index in [0.29, 0.717) is 12.1 Å². The summed E-state index contributed by atoms with van der Waals surface area (Å²) in [6, 6.07) is 4.04. The number of hydrogen-bond acceptors (Lipinski definition) is 4. The van der Waals surface area contributed by atoms with E-state index in [4.69, 9.17) is 4.74 Å². The SMILES string of the molecule is CC(C)CC(C(=O)O)N1CC(Oc2cccc(N3CCCC3)c2F)=CC1=O.[LiH]. The first-order chi connectivity index (χ1) is 12.9. The first-order valence-electron chi connectivity index (χ1n) is 9.32. The van der Waals surface area contributed by atoms with Gasteiger partial charge in [0.05, 0.1) is 12.2 Å². The number of aliphatic carboxylic acids is 1. The number of benzene rings is 1. The Bertz CT molecular complexity index is 763. The average molecular weight is 384 g/mol. The zero-order valence-corrected chi connectivity index (χ0v) is 15.7. The van der Waals surface area contributed by atoms with E-state index in [1.54, 1.807) is 12.1 Å². The van der Waals surface area contributed by atoms with Gasteiger partial charge in [-0.3, -0.25) is 4.79 Å². The van der Waals surface area contributed by atoms with Crippen molar-refractivity contribution in [3.8, 4) is 5.75 Å². The van der Waals surface area contributed by atoms with Crippen LogP contribution in [-0.4, -0.2) is 66.4 Å². The van der Waals surface area contributed by atoms with Gasteiger partial charge < -0.3 is 19.6 Å². The molecule has 2 aliphatic rings. The molecule has 2 aliphatic heterocycles. The molecular weight excluding hydrogens is 358 g/mol. The number of rotatable bonds is 7. The molecule has 8 heteroatoms. The number of hydrogen-bond donors (Lipinski definition) is 1. The van der Waals surface area contributed by atoms with E-state index >= 15 is 0 Å². The second-order valence-electron chi connectivity index (χ2n) is 7.45. The Labute approximate surface area is 176 Å². The van der Waals surface area contributed by atoms with E-state index < -0.39 is 23.7 Å². The molecule has 1 N–H and O–H groups in total. The number of halogens is 1. The zero-order chi connectivity index (χ0) is 19.6. The minimum atomic E-state index is -1.05. The average Bonchev–Trinajstić information content (AvgIpc) is 3.24. The van der Waals surface area contributed by atoms with Gasteiger partial charge in [0.1, 0.15) is 11.8 Å². The molecule has 0 saturated carbocycles. The maximum atomic E-state index is 14.8. The van der Waals surface area contributed by atoms with Crippen LogP contribution < -0.4 is 9.64 Å². The summed E-state index contributed by atoms with van der Waals surface area (Å²) in [5.74, 6) is -1.49. The summed E-state index contributed by atoms with van der Waals surface area (Å²) in [5.41, 5.74) is 0.495. The number of amides is 1. The minimum absolute atomic E-state index is 0. The van der Waals surface area contributed by atoms with E-state index in [1.165, 1.54) is 17.0 Å². The van der Waals surface area contributed by atoms with Crippen molar-refractivity contribution in [2.75, 3.05) is 24.5 Å². The van der Waals surface area contributed by atoms with E-state index in [-0.39, 0.29) is 42.8 Å². The molecule has 1 fully saturated rings. The fourth-order valence-electron chi connectivity index (χ4n) is 3.57. The molecule has 1 amide bonds. The summed E-state index contributed by atoms with van der Waals surface area (Å²) in [7, 11) is 0. The van der Waals surface area contributed by atoms with Crippen LogP contribution in [-0.2, 0) is 9.59 Å². The molecule has 3 rings (SSSR count). The molecular formula is C20H26FLiN2O4. The molecule has 28 heavy (non-hydrogen) atoms. The molecule has 0 aliphatic carbocycles. The standard InChI is InChI=1S/C20H25FN2O4.Li.H/c1-13(2)10-16(20(25)26)23-12-14(11-18(23)24)27-17-7-5-6-15(19(17)21)22-8-3-4-9-22;;/h5-7,11,13,16H,3-4,8-10,12H2,1-2H3,(H,25,26);;. The Morgan fingerprint density at radius 3 is 2.57 bits per heavy atom. The van der Waals surface area contributed by atoms with Gasteiger partial charge in [-0.2, -0.15) is 0 Å². The molecule has 0 bridgehead atoms. The van der Waals surface area contributed by atoms with Crippen molar-refractivity contribution in [3.63, 3.8) is 0 Å². The quantitative estimate of drug-likeness (QED) is 0.731.